The van der Waals surface area contributed by atoms with Crippen LogP contribution in [0.3, 0.4) is 0 Å². The summed E-state index contributed by atoms with van der Waals surface area (Å²) in [6.45, 7) is 4.46. The molecule has 0 saturated heterocycles. The summed E-state index contributed by atoms with van der Waals surface area (Å²) in [7, 11) is 0. The number of rotatable bonds is 5. The molecule has 1 atom stereocenters. The van der Waals surface area contributed by atoms with Gasteiger partial charge in [-0.1, -0.05) is 25.3 Å². The number of carbonyl (C=O) groups excluding carboxylic acids is 1. The second-order valence-corrected chi connectivity index (χ2v) is 7.02. The van der Waals surface area contributed by atoms with Gasteiger partial charge < -0.3 is 15.6 Å². The smallest absolute Gasteiger partial charge is 0.253 e. The van der Waals surface area contributed by atoms with E-state index in [4.69, 9.17) is 5.73 Å². The zero-order valence-electron chi connectivity index (χ0n) is 16.0. The first-order chi connectivity index (χ1) is 12.1. The first-order valence-corrected chi connectivity index (χ1v) is 9.23. The van der Waals surface area contributed by atoms with Gasteiger partial charge in [0, 0.05) is 30.2 Å². The van der Waals surface area contributed by atoms with Crippen LogP contribution in [0.15, 0.2) is 30.5 Å². The van der Waals surface area contributed by atoms with Crippen LogP contribution in [0.2, 0.25) is 0 Å². The molecule has 1 fully saturated rings. The minimum atomic E-state index is -0.0312. The molecule has 1 saturated carbocycles. The van der Waals surface area contributed by atoms with E-state index in [0.717, 1.165) is 30.0 Å². The van der Waals surface area contributed by atoms with E-state index in [-0.39, 0.29) is 36.8 Å². The van der Waals surface area contributed by atoms with E-state index in [1.807, 2.05) is 42.7 Å². The molecule has 1 unspecified atom stereocenters. The highest BCUT2D eigenvalue weighted by Crippen LogP contribution is 2.27. The van der Waals surface area contributed by atoms with E-state index in [2.05, 4.69) is 10.3 Å². The summed E-state index contributed by atoms with van der Waals surface area (Å²) in [5.74, 6) is 1.30. The standard InChI is InChI=1S/C20H28N4O.2ClH/c1-14-12-17(15(2)24(14)19-10-6-7-11-22-19)20(25)23-18(13-21)16-8-4-3-5-9-16;;/h6-7,10-12,16,18H,3-5,8-9,13,21H2,1-2H3,(H,23,25);2*1H. The Morgan fingerprint density at radius 1 is 1.26 bits per heavy atom. The van der Waals surface area contributed by atoms with Gasteiger partial charge >= 0.3 is 0 Å². The third-order valence-corrected chi connectivity index (χ3v) is 5.34. The normalized spacial score (nSPS) is 15.4. The Morgan fingerprint density at radius 3 is 2.56 bits per heavy atom. The maximum atomic E-state index is 12.9. The third kappa shape index (κ3) is 5.24. The first kappa shape index (κ1) is 23.5. The van der Waals surface area contributed by atoms with Crippen molar-refractivity contribution in [2.45, 2.75) is 52.0 Å². The molecule has 3 N–H and O–H groups in total. The van der Waals surface area contributed by atoms with Gasteiger partial charge in [-0.15, -0.1) is 24.8 Å². The summed E-state index contributed by atoms with van der Waals surface area (Å²) in [5.41, 5.74) is 8.58. The molecule has 1 amide bonds. The highest BCUT2D eigenvalue weighted by Gasteiger charge is 2.26. The van der Waals surface area contributed by atoms with Crippen LogP contribution in [0.1, 0.15) is 53.8 Å². The van der Waals surface area contributed by atoms with E-state index in [9.17, 15) is 4.79 Å². The van der Waals surface area contributed by atoms with Crippen LogP contribution >= 0.6 is 24.8 Å². The Balaban J connectivity index is 0.00000182. The Morgan fingerprint density at radius 2 is 1.96 bits per heavy atom. The molecule has 5 nitrogen and oxygen atoms in total. The molecule has 7 heteroatoms. The van der Waals surface area contributed by atoms with Gasteiger partial charge in [0.15, 0.2) is 0 Å². The van der Waals surface area contributed by atoms with Gasteiger partial charge in [-0.2, -0.15) is 0 Å². The zero-order chi connectivity index (χ0) is 17.8. The predicted octanol–water partition coefficient (Wildman–Crippen LogP) is 3.97. The molecule has 0 radical (unpaired) electrons. The number of halogens is 2. The van der Waals surface area contributed by atoms with E-state index < -0.39 is 0 Å². The number of aromatic nitrogens is 2. The quantitative estimate of drug-likeness (QED) is 0.779. The number of hydrogen-bond acceptors (Lipinski definition) is 3. The number of carbonyl (C=O) groups is 1. The van der Waals surface area contributed by atoms with Crippen LogP contribution in [0.4, 0.5) is 0 Å². The molecule has 1 aliphatic carbocycles. The number of nitrogens with two attached hydrogens (primary N) is 1. The summed E-state index contributed by atoms with van der Waals surface area (Å²) in [6, 6.07) is 7.79. The van der Waals surface area contributed by atoms with Gasteiger partial charge in [0.2, 0.25) is 0 Å². The van der Waals surface area contributed by atoms with Gasteiger partial charge in [0.1, 0.15) is 5.82 Å². The van der Waals surface area contributed by atoms with E-state index >= 15 is 0 Å². The van der Waals surface area contributed by atoms with Crippen LogP contribution in [0, 0.1) is 19.8 Å². The lowest BCUT2D eigenvalue weighted by Crippen LogP contribution is -2.46. The molecular weight excluding hydrogens is 383 g/mol. The average molecular weight is 413 g/mol. The summed E-state index contributed by atoms with van der Waals surface area (Å²) < 4.78 is 2.02. The van der Waals surface area contributed by atoms with Crippen molar-refractivity contribution in [1.29, 1.82) is 0 Å². The molecule has 0 bridgehead atoms. The minimum absolute atomic E-state index is 0. The van der Waals surface area contributed by atoms with Crippen LogP contribution in [-0.2, 0) is 0 Å². The highest BCUT2D eigenvalue weighted by atomic mass is 35.5. The van der Waals surface area contributed by atoms with Crippen molar-refractivity contribution in [3.8, 4) is 5.82 Å². The number of pyridine rings is 1. The monoisotopic (exact) mass is 412 g/mol. The van der Waals surface area contributed by atoms with Gasteiger partial charge in [0.05, 0.1) is 5.56 Å². The van der Waals surface area contributed by atoms with E-state index in [1.54, 1.807) is 6.20 Å². The number of aryl methyl sites for hydroxylation is 1. The molecule has 1 aliphatic rings. The molecule has 3 rings (SSSR count). The number of hydrogen-bond donors (Lipinski definition) is 2. The fourth-order valence-electron chi connectivity index (χ4n) is 3.98. The second-order valence-electron chi connectivity index (χ2n) is 7.02. The molecule has 2 heterocycles. The number of nitrogens with zero attached hydrogens (tertiary/aromatic N) is 2. The van der Waals surface area contributed by atoms with Crippen LogP contribution in [0.5, 0.6) is 0 Å². The average Bonchev–Trinajstić information content (AvgIpc) is 2.95. The molecule has 2 aromatic heterocycles. The van der Waals surface area contributed by atoms with Crippen LogP contribution in [0.25, 0.3) is 5.82 Å². The lowest BCUT2D eigenvalue weighted by molar-refractivity contribution is 0.0915. The van der Waals surface area contributed by atoms with Crippen molar-refractivity contribution < 1.29 is 4.79 Å². The zero-order valence-corrected chi connectivity index (χ0v) is 17.6. The largest absolute Gasteiger partial charge is 0.348 e. The summed E-state index contributed by atoms with van der Waals surface area (Å²) >= 11 is 0. The van der Waals surface area contributed by atoms with Gasteiger partial charge in [-0.25, -0.2) is 4.98 Å². The Hall–Kier alpha value is -1.56. The third-order valence-electron chi connectivity index (χ3n) is 5.34. The lowest BCUT2D eigenvalue weighted by atomic mass is 9.84. The molecule has 150 valence electrons. The fourth-order valence-corrected chi connectivity index (χ4v) is 3.98. The topological polar surface area (TPSA) is 72.9 Å². The van der Waals surface area contributed by atoms with E-state index in [1.165, 1.54) is 19.3 Å². The van der Waals surface area contributed by atoms with Crippen molar-refractivity contribution in [3.63, 3.8) is 0 Å². The fraction of sp³-hybridized carbons (Fsp3) is 0.500. The van der Waals surface area contributed by atoms with Crippen molar-refractivity contribution >= 4 is 30.7 Å². The summed E-state index contributed by atoms with van der Waals surface area (Å²) in [4.78, 5) is 17.3. The summed E-state index contributed by atoms with van der Waals surface area (Å²) in [6.07, 6.45) is 7.87. The van der Waals surface area contributed by atoms with Gasteiger partial charge in [-0.3, -0.25) is 4.79 Å². The highest BCUT2D eigenvalue weighted by molar-refractivity contribution is 5.96. The van der Waals surface area contributed by atoms with Crippen LogP contribution in [-0.4, -0.2) is 28.0 Å². The Labute approximate surface area is 173 Å². The maximum absolute atomic E-state index is 12.9. The number of amides is 1. The maximum Gasteiger partial charge on any atom is 0.253 e. The van der Waals surface area contributed by atoms with Crippen molar-refractivity contribution in [1.82, 2.24) is 14.9 Å². The van der Waals surface area contributed by atoms with Crippen LogP contribution < -0.4 is 11.1 Å². The Kier molecular flexibility index (Phi) is 9.30. The molecule has 27 heavy (non-hydrogen) atoms. The Bertz CT molecular complexity index is 727. The van der Waals surface area contributed by atoms with Crippen molar-refractivity contribution in [3.05, 3.63) is 47.4 Å². The van der Waals surface area contributed by atoms with Gasteiger partial charge in [-0.05, 0) is 50.8 Å². The molecule has 0 spiro atoms. The lowest BCUT2D eigenvalue weighted by Gasteiger charge is -2.30. The van der Waals surface area contributed by atoms with Crippen molar-refractivity contribution in [2.75, 3.05) is 6.54 Å². The van der Waals surface area contributed by atoms with Gasteiger partial charge in [0.25, 0.3) is 5.91 Å². The second kappa shape index (κ2) is 10.7. The SMILES string of the molecule is Cc1cc(C(=O)NC(CN)C2CCCCC2)c(C)n1-c1ccccn1.Cl.Cl. The molecule has 2 aromatic rings. The predicted molar refractivity (Wildman–Crippen MR) is 114 cm³/mol. The summed E-state index contributed by atoms with van der Waals surface area (Å²) in [5, 5.41) is 3.19. The molecule has 0 aliphatic heterocycles. The number of nitrogens with one attached hydrogen (secondary N) is 1. The first-order valence-electron chi connectivity index (χ1n) is 9.23. The molecule has 0 aromatic carbocycles. The van der Waals surface area contributed by atoms with E-state index in [0.29, 0.717) is 18.0 Å². The minimum Gasteiger partial charge on any atom is -0.348 e. The molecular formula is C20H30Cl2N4O. The van der Waals surface area contributed by atoms with Crippen molar-refractivity contribution in [2.24, 2.45) is 11.7 Å².